The Labute approximate surface area is 161 Å². The third-order valence-electron chi connectivity index (χ3n) is 3.70. The topological polar surface area (TPSA) is 97.4 Å². The van der Waals surface area contributed by atoms with Gasteiger partial charge in [-0.1, -0.05) is 6.07 Å². The van der Waals surface area contributed by atoms with Gasteiger partial charge in [-0.15, -0.1) is 0 Å². The molecule has 0 unspecified atom stereocenters. The van der Waals surface area contributed by atoms with E-state index in [1.54, 1.807) is 67.0 Å². The molecule has 0 saturated carbocycles. The third-order valence-corrected chi connectivity index (χ3v) is 3.70. The van der Waals surface area contributed by atoms with E-state index >= 15 is 0 Å². The molecule has 2 amide bonds. The average molecular weight is 375 g/mol. The fraction of sp³-hybridized carbons (Fsp3) is 0.0476. The van der Waals surface area contributed by atoms with Crippen molar-refractivity contribution in [2.24, 2.45) is 0 Å². The molecule has 1 heterocycles. The minimum absolute atomic E-state index is 0.249. The number of hydrogen-bond donors (Lipinski definition) is 2. The largest absolute Gasteiger partial charge is 0.427 e. The van der Waals surface area contributed by atoms with E-state index in [1.807, 2.05) is 0 Å². The van der Waals surface area contributed by atoms with Crippen LogP contribution in [0, 0.1) is 0 Å². The van der Waals surface area contributed by atoms with Crippen molar-refractivity contribution in [3.63, 3.8) is 0 Å². The number of nitrogens with one attached hydrogen (secondary N) is 2. The van der Waals surface area contributed by atoms with Crippen molar-refractivity contribution < 1.29 is 19.1 Å². The van der Waals surface area contributed by atoms with Gasteiger partial charge in [-0.3, -0.25) is 19.4 Å². The van der Waals surface area contributed by atoms with Crippen molar-refractivity contribution >= 4 is 29.2 Å². The van der Waals surface area contributed by atoms with Crippen LogP contribution in [0.25, 0.3) is 0 Å². The van der Waals surface area contributed by atoms with Crippen LogP contribution in [-0.4, -0.2) is 22.8 Å². The lowest BCUT2D eigenvalue weighted by Gasteiger charge is -2.09. The van der Waals surface area contributed by atoms with E-state index in [1.165, 1.54) is 13.0 Å². The minimum atomic E-state index is -0.457. The van der Waals surface area contributed by atoms with Crippen LogP contribution in [-0.2, 0) is 4.79 Å². The lowest BCUT2D eigenvalue weighted by molar-refractivity contribution is -0.131. The molecule has 0 fully saturated rings. The van der Waals surface area contributed by atoms with Crippen LogP contribution in [0.3, 0.4) is 0 Å². The molecule has 0 aliphatic rings. The van der Waals surface area contributed by atoms with Crippen LogP contribution in [0.15, 0.2) is 73.1 Å². The Balaban J connectivity index is 1.63. The second-order valence-corrected chi connectivity index (χ2v) is 5.84. The highest BCUT2D eigenvalue weighted by Crippen LogP contribution is 2.18. The summed E-state index contributed by atoms with van der Waals surface area (Å²) >= 11 is 0. The Morgan fingerprint density at radius 2 is 1.36 bits per heavy atom. The minimum Gasteiger partial charge on any atom is -0.427 e. The molecule has 0 aliphatic heterocycles. The molecule has 140 valence electrons. The molecule has 0 aliphatic carbocycles. The van der Waals surface area contributed by atoms with Crippen LogP contribution in [0.1, 0.15) is 27.6 Å². The number of aromatic nitrogens is 1. The fourth-order valence-electron chi connectivity index (χ4n) is 2.41. The summed E-state index contributed by atoms with van der Waals surface area (Å²) in [6.45, 7) is 1.29. The first-order chi connectivity index (χ1) is 13.5. The lowest BCUT2D eigenvalue weighted by atomic mass is 10.2. The number of amides is 2. The van der Waals surface area contributed by atoms with E-state index in [-0.39, 0.29) is 11.8 Å². The van der Waals surface area contributed by atoms with E-state index in [9.17, 15) is 14.4 Å². The maximum atomic E-state index is 12.4. The standard InChI is InChI=1S/C21H17N3O4/c1-14(25)28-19-4-2-3-16(13-19)21(27)24-18-7-5-17(6-8-18)23-20(26)15-9-11-22-12-10-15/h2-13H,1H3,(H,23,26)(H,24,27). The third kappa shape index (κ3) is 5.01. The van der Waals surface area contributed by atoms with E-state index in [2.05, 4.69) is 15.6 Å². The van der Waals surface area contributed by atoms with Gasteiger partial charge in [0.1, 0.15) is 5.75 Å². The number of anilines is 2. The summed E-state index contributed by atoms with van der Waals surface area (Å²) in [5, 5.41) is 5.52. The van der Waals surface area contributed by atoms with Gasteiger partial charge in [0, 0.05) is 41.8 Å². The summed E-state index contributed by atoms with van der Waals surface area (Å²) in [6, 6.07) is 16.3. The molecule has 0 atom stereocenters. The number of nitrogens with zero attached hydrogens (tertiary/aromatic N) is 1. The van der Waals surface area contributed by atoms with Gasteiger partial charge in [0.2, 0.25) is 0 Å². The summed E-state index contributed by atoms with van der Waals surface area (Å²) < 4.78 is 4.98. The Bertz CT molecular complexity index is 1000. The van der Waals surface area contributed by atoms with Gasteiger partial charge in [0.15, 0.2) is 0 Å². The van der Waals surface area contributed by atoms with E-state index in [0.717, 1.165) is 0 Å². The fourth-order valence-corrected chi connectivity index (χ4v) is 2.41. The molecule has 0 spiro atoms. The molecule has 7 heteroatoms. The van der Waals surface area contributed by atoms with Gasteiger partial charge >= 0.3 is 5.97 Å². The molecule has 1 aromatic heterocycles. The van der Waals surface area contributed by atoms with Gasteiger partial charge < -0.3 is 15.4 Å². The number of benzene rings is 2. The quantitative estimate of drug-likeness (QED) is 0.525. The van der Waals surface area contributed by atoms with Crippen LogP contribution < -0.4 is 15.4 Å². The van der Waals surface area contributed by atoms with Gasteiger partial charge in [0.05, 0.1) is 0 Å². The van der Waals surface area contributed by atoms with E-state index in [4.69, 9.17) is 4.74 Å². The molecule has 28 heavy (non-hydrogen) atoms. The van der Waals surface area contributed by atoms with Crippen molar-refractivity contribution in [2.75, 3.05) is 10.6 Å². The van der Waals surface area contributed by atoms with Crippen molar-refractivity contribution in [1.82, 2.24) is 4.98 Å². The molecular formula is C21H17N3O4. The van der Waals surface area contributed by atoms with E-state index in [0.29, 0.717) is 28.3 Å². The number of pyridine rings is 1. The molecule has 0 bridgehead atoms. The monoisotopic (exact) mass is 375 g/mol. The molecule has 3 rings (SSSR count). The van der Waals surface area contributed by atoms with Gasteiger partial charge in [-0.05, 0) is 54.6 Å². The van der Waals surface area contributed by atoms with Gasteiger partial charge in [0.25, 0.3) is 11.8 Å². The Morgan fingerprint density at radius 3 is 1.93 bits per heavy atom. The Hall–Kier alpha value is -4.00. The van der Waals surface area contributed by atoms with E-state index < -0.39 is 5.97 Å². The van der Waals surface area contributed by atoms with Gasteiger partial charge in [-0.2, -0.15) is 0 Å². The highest BCUT2D eigenvalue weighted by Gasteiger charge is 2.09. The van der Waals surface area contributed by atoms with Crippen LogP contribution in [0.5, 0.6) is 5.75 Å². The summed E-state index contributed by atoms with van der Waals surface area (Å²) in [6.07, 6.45) is 3.09. The first-order valence-corrected chi connectivity index (χ1v) is 8.42. The van der Waals surface area contributed by atoms with Gasteiger partial charge in [-0.25, -0.2) is 0 Å². The smallest absolute Gasteiger partial charge is 0.308 e. The maximum absolute atomic E-state index is 12.4. The first-order valence-electron chi connectivity index (χ1n) is 8.42. The van der Waals surface area contributed by atoms with Crippen molar-refractivity contribution in [3.05, 3.63) is 84.2 Å². The number of ether oxygens (including phenoxy) is 1. The van der Waals surface area contributed by atoms with Crippen molar-refractivity contribution in [1.29, 1.82) is 0 Å². The number of carbonyl (C=O) groups is 3. The number of hydrogen-bond acceptors (Lipinski definition) is 5. The summed E-state index contributed by atoms with van der Waals surface area (Å²) in [4.78, 5) is 39.4. The highest BCUT2D eigenvalue weighted by atomic mass is 16.5. The highest BCUT2D eigenvalue weighted by molar-refractivity contribution is 6.05. The predicted molar refractivity (Wildman–Crippen MR) is 104 cm³/mol. The molecular weight excluding hydrogens is 358 g/mol. The Kier molecular flexibility index (Phi) is 5.76. The summed E-state index contributed by atoms with van der Waals surface area (Å²) in [5.74, 6) is -0.750. The molecule has 3 aromatic rings. The zero-order chi connectivity index (χ0) is 19.9. The zero-order valence-electron chi connectivity index (χ0n) is 15.0. The van der Waals surface area contributed by atoms with Crippen molar-refractivity contribution in [3.8, 4) is 5.75 Å². The molecule has 0 saturated heterocycles. The second-order valence-electron chi connectivity index (χ2n) is 5.84. The van der Waals surface area contributed by atoms with Crippen LogP contribution >= 0.6 is 0 Å². The molecule has 2 N–H and O–H groups in total. The Morgan fingerprint density at radius 1 is 0.786 bits per heavy atom. The number of carbonyl (C=O) groups excluding carboxylic acids is 3. The zero-order valence-corrected chi connectivity index (χ0v) is 15.0. The van der Waals surface area contributed by atoms with Crippen LogP contribution in [0.4, 0.5) is 11.4 Å². The summed E-state index contributed by atoms with van der Waals surface area (Å²) in [5.41, 5.74) is 2.01. The summed E-state index contributed by atoms with van der Waals surface area (Å²) in [7, 11) is 0. The second kappa shape index (κ2) is 8.59. The number of rotatable bonds is 5. The molecule has 0 radical (unpaired) electrons. The normalized spacial score (nSPS) is 10.0. The van der Waals surface area contributed by atoms with Crippen LogP contribution in [0.2, 0.25) is 0 Å². The average Bonchev–Trinajstić information content (AvgIpc) is 2.70. The predicted octanol–water partition coefficient (Wildman–Crippen LogP) is 3.51. The maximum Gasteiger partial charge on any atom is 0.308 e. The first kappa shape index (κ1) is 18.8. The molecule has 2 aromatic carbocycles. The SMILES string of the molecule is CC(=O)Oc1cccc(C(=O)Nc2ccc(NC(=O)c3ccncc3)cc2)c1. The molecule has 7 nitrogen and oxygen atoms in total. The number of esters is 1. The van der Waals surface area contributed by atoms with Crippen molar-refractivity contribution in [2.45, 2.75) is 6.92 Å². The lowest BCUT2D eigenvalue weighted by Crippen LogP contribution is -2.13.